The molecule has 0 rings (SSSR count). The van der Waals surface area contributed by atoms with E-state index in [1.54, 1.807) is 0 Å². The summed E-state index contributed by atoms with van der Waals surface area (Å²) in [6, 6.07) is 0. The van der Waals surface area contributed by atoms with Gasteiger partial charge in [-0.25, -0.2) is 4.57 Å². The Balaban J connectivity index is -0.0000000800. The molecule has 44 valence electrons. The molecular weight excluding hydrogens is 149 g/mol. The molecule has 0 radical (unpaired) electrons. The van der Waals surface area contributed by atoms with Gasteiger partial charge in [0.1, 0.15) is 0 Å². The lowest BCUT2D eigenvalue weighted by atomic mass is 15.8. The highest BCUT2D eigenvalue weighted by Gasteiger charge is 2.00. The van der Waals surface area contributed by atoms with Crippen LogP contribution in [0.25, 0.3) is 0 Å². The molecule has 4 nitrogen and oxygen atoms in total. The molecule has 0 saturated heterocycles. The topological polar surface area (TPSA) is 77.8 Å². The fourth-order valence-corrected chi connectivity index (χ4v) is 0. The van der Waals surface area contributed by atoms with Crippen molar-refractivity contribution in [3.63, 3.8) is 0 Å². The zero-order valence-corrected chi connectivity index (χ0v) is 3.09. The summed E-state index contributed by atoms with van der Waals surface area (Å²) in [5.41, 5.74) is 0. The van der Waals surface area contributed by atoms with Gasteiger partial charge in [-0.3, -0.25) is 0 Å². The highest BCUT2D eigenvalue weighted by Crippen LogP contribution is 2.25. The summed E-state index contributed by atoms with van der Waals surface area (Å²) < 4.78 is 8.88. The summed E-state index contributed by atoms with van der Waals surface area (Å²) in [5.74, 6) is 0. The average Bonchev–Trinajstić information content (AvgIpc) is 0.722. The minimum atomic E-state index is -4.64. The Morgan fingerprint density at radius 2 is 1.00 bits per heavy atom. The number of rotatable bonds is 0. The van der Waals surface area contributed by atoms with Crippen molar-refractivity contribution in [2.75, 3.05) is 0 Å². The van der Waals surface area contributed by atoms with E-state index in [1.807, 2.05) is 0 Å². The second-order valence-electron chi connectivity index (χ2n) is 0.513. The summed E-state index contributed by atoms with van der Waals surface area (Å²) in [6.45, 7) is 0. The van der Waals surface area contributed by atoms with E-state index in [9.17, 15) is 0 Å². The van der Waals surface area contributed by atoms with Gasteiger partial charge in [-0.1, -0.05) is 0 Å². The first kappa shape index (κ1) is 15.7. The number of hydrogen-bond donors (Lipinski definition) is 3. The van der Waals surface area contributed by atoms with Gasteiger partial charge in [0.2, 0.25) is 0 Å². The Bertz CT molecular complexity index is 55.8. The molecule has 0 aromatic rings. The number of hydrogen-bond acceptors (Lipinski definition) is 1. The summed E-state index contributed by atoms with van der Waals surface area (Å²) in [7, 11) is -4.64. The molecular formula is H9Al2O4P. The monoisotopic (exact) mass is 158 g/mol. The van der Waals surface area contributed by atoms with Gasteiger partial charge in [0.05, 0.1) is 0 Å². The van der Waals surface area contributed by atoms with Gasteiger partial charge < -0.3 is 14.7 Å². The lowest BCUT2D eigenvalue weighted by Gasteiger charge is -1.82. The van der Waals surface area contributed by atoms with Crippen LogP contribution in [0.3, 0.4) is 0 Å². The van der Waals surface area contributed by atoms with E-state index in [2.05, 4.69) is 0 Å². The molecule has 0 aliphatic carbocycles. The molecule has 0 spiro atoms. The summed E-state index contributed by atoms with van der Waals surface area (Å²) in [4.78, 5) is 21.6. The van der Waals surface area contributed by atoms with Crippen molar-refractivity contribution in [1.29, 1.82) is 0 Å². The molecule has 3 N–H and O–H groups in total. The van der Waals surface area contributed by atoms with Gasteiger partial charge in [-0.2, -0.15) is 0 Å². The maximum absolute atomic E-state index is 8.88. The normalized spacial score (nSPS) is 8.43. The summed E-state index contributed by atoms with van der Waals surface area (Å²) >= 11 is 0. The molecule has 0 amide bonds. The van der Waals surface area contributed by atoms with E-state index < -0.39 is 7.82 Å². The minimum Gasteiger partial charge on any atom is -0.303 e. The molecule has 0 aliphatic heterocycles. The van der Waals surface area contributed by atoms with Crippen LogP contribution in [-0.4, -0.2) is 49.4 Å². The second-order valence-corrected chi connectivity index (χ2v) is 1.54. The molecule has 0 aromatic carbocycles. The molecule has 0 atom stereocenters. The minimum absolute atomic E-state index is 0. The first-order valence-corrected chi connectivity index (χ1v) is 2.35. The maximum Gasteiger partial charge on any atom is 0.466 e. The lowest BCUT2D eigenvalue weighted by molar-refractivity contribution is 0.275. The molecule has 0 aliphatic rings. The Hall–Kier alpha value is 1.17. The van der Waals surface area contributed by atoms with Crippen LogP contribution >= 0.6 is 7.82 Å². The van der Waals surface area contributed by atoms with Gasteiger partial charge in [0, 0.05) is 0 Å². The van der Waals surface area contributed by atoms with Crippen molar-refractivity contribution in [3.8, 4) is 0 Å². The van der Waals surface area contributed by atoms with Crippen LogP contribution in [0.4, 0.5) is 0 Å². The smallest absolute Gasteiger partial charge is 0.303 e. The van der Waals surface area contributed by atoms with Crippen molar-refractivity contribution in [2.24, 2.45) is 0 Å². The Morgan fingerprint density at radius 3 is 1.00 bits per heavy atom. The second kappa shape index (κ2) is 5.31. The fourth-order valence-electron chi connectivity index (χ4n) is 0. The van der Waals surface area contributed by atoms with E-state index in [4.69, 9.17) is 19.2 Å². The molecule has 0 saturated carbocycles. The van der Waals surface area contributed by atoms with Gasteiger partial charge in [-0.05, 0) is 0 Å². The molecule has 7 heteroatoms. The third-order valence-corrected chi connectivity index (χ3v) is 0. The maximum atomic E-state index is 8.88. The first-order valence-electron chi connectivity index (χ1n) is 0.783. The molecule has 7 heavy (non-hydrogen) atoms. The van der Waals surface area contributed by atoms with Crippen molar-refractivity contribution >= 4 is 42.5 Å². The lowest BCUT2D eigenvalue weighted by Crippen LogP contribution is -1.66. The average molecular weight is 158 g/mol. The van der Waals surface area contributed by atoms with Crippen LogP contribution in [-0.2, 0) is 4.57 Å². The molecule has 0 unspecified atom stereocenters. The van der Waals surface area contributed by atoms with Gasteiger partial charge in [-0.15, -0.1) is 0 Å². The van der Waals surface area contributed by atoms with E-state index in [1.165, 1.54) is 0 Å². The van der Waals surface area contributed by atoms with Crippen molar-refractivity contribution in [1.82, 2.24) is 0 Å². The highest BCUT2D eigenvalue weighted by molar-refractivity contribution is 7.45. The van der Waals surface area contributed by atoms with Crippen LogP contribution in [0.15, 0.2) is 0 Å². The zero-order chi connectivity index (χ0) is 4.50. The molecule has 0 fully saturated rings. The van der Waals surface area contributed by atoms with Crippen molar-refractivity contribution < 1.29 is 19.2 Å². The van der Waals surface area contributed by atoms with Gasteiger partial charge in [0.15, 0.2) is 34.7 Å². The predicted molar refractivity (Wildman–Crippen MR) is 34.1 cm³/mol. The van der Waals surface area contributed by atoms with Crippen LogP contribution in [0.1, 0.15) is 0 Å². The predicted octanol–water partition coefficient (Wildman–Crippen LogP) is -3.30. The quantitative estimate of drug-likeness (QED) is 0.255. The van der Waals surface area contributed by atoms with Gasteiger partial charge >= 0.3 is 7.82 Å². The van der Waals surface area contributed by atoms with Gasteiger partial charge in [0.25, 0.3) is 0 Å². The van der Waals surface area contributed by atoms with Crippen molar-refractivity contribution in [3.05, 3.63) is 0 Å². The fraction of sp³-hybridized carbons (Fsp3) is 0. The Morgan fingerprint density at radius 1 is 1.00 bits per heavy atom. The van der Waals surface area contributed by atoms with E-state index in [-0.39, 0.29) is 34.7 Å². The van der Waals surface area contributed by atoms with Crippen LogP contribution < -0.4 is 0 Å². The van der Waals surface area contributed by atoms with E-state index in [0.29, 0.717) is 0 Å². The number of phosphoric acid groups is 1. The zero-order valence-electron chi connectivity index (χ0n) is 2.20. The Kier molecular flexibility index (Phi) is 11.9. The largest absolute Gasteiger partial charge is 0.466 e. The SMILES string of the molecule is O=P(O)(O)O.[AlH3].[AlH3]. The molecule has 0 heterocycles. The summed E-state index contributed by atoms with van der Waals surface area (Å²) in [5, 5.41) is 0. The van der Waals surface area contributed by atoms with E-state index in [0.717, 1.165) is 0 Å². The van der Waals surface area contributed by atoms with Crippen molar-refractivity contribution in [2.45, 2.75) is 0 Å². The third kappa shape index (κ3) is 139. The highest BCUT2D eigenvalue weighted by atomic mass is 31.2. The third-order valence-electron chi connectivity index (χ3n) is 0. The van der Waals surface area contributed by atoms with Crippen LogP contribution in [0.2, 0.25) is 0 Å². The summed E-state index contributed by atoms with van der Waals surface area (Å²) in [6.07, 6.45) is 0. The Labute approximate surface area is 62.1 Å². The van der Waals surface area contributed by atoms with E-state index >= 15 is 0 Å². The van der Waals surface area contributed by atoms with Crippen LogP contribution in [0.5, 0.6) is 0 Å². The molecule has 0 aromatic heterocycles. The standard InChI is InChI=1S/2Al.H3O4P.6H/c;;1-5(2,3)4;;;;;;/h;;(H3,1,2,3,4);;;;;;. The first-order chi connectivity index (χ1) is 2.00. The molecule has 0 bridgehead atoms. The van der Waals surface area contributed by atoms with Crippen LogP contribution in [0, 0.1) is 0 Å².